The van der Waals surface area contributed by atoms with Crippen molar-refractivity contribution in [3.05, 3.63) is 237 Å². The van der Waals surface area contributed by atoms with Crippen LogP contribution >= 0.6 is 0 Å². The van der Waals surface area contributed by atoms with Crippen molar-refractivity contribution >= 4 is 43.6 Å². The zero-order chi connectivity index (χ0) is 60.1. The number of alkyl halides is 3. The van der Waals surface area contributed by atoms with E-state index in [1.165, 1.54) is 48.5 Å². The lowest BCUT2D eigenvalue weighted by Crippen LogP contribution is -2.10. The Morgan fingerprint density at radius 1 is 0.256 bits per heavy atom. The first kappa shape index (κ1) is 53.1. The van der Waals surface area contributed by atoms with Crippen molar-refractivity contribution in [3.8, 4) is 128 Å². The molecule has 10 aromatic carbocycles. The van der Waals surface area contributed by atoms with Crippen LogP contribution in [0.15, 0.2) is 176 Å². The van der Waals surface area contributed by atoms with E-state index < -0.39 is 11.7 Å². The Morgan fingerprint density at radius 2 is 0.547 bits per heavy atom. The summed E-state index contributed by atoms with van der Waals surface area (Å²) in [5, 5.41) is 104. The Bertz CT molecular complexity index is 5230. The summed E-state index contributed by atoms with van der Waals surface area (Å²) in [7, 11) is 0. The zero-order valence-electron chi connectivity index (χ0n) is 44.2. The monoisotopic (exact) mass is 1110 g/mol. The van der Waals surface area contributed by atoms with E-state index in [9.17, 15) is 52.6 Å². The van der Waals surface area contributed by atoms with Gasteiger partial charge in [0.2, 0.25) is 0 Å². The molecule has 0 spiro atoms. The number of rotatable bonds is 7. The molecule has 2 aromatic heterocycles. The number of halogens is 3. The summed E-state index contributed by atoms with van der Waals surface area (Å²) in [5.41, 5.74) is 6.56. The molecular weight excluding hydrogens is 1080 g/mol. The van der Waals surface area contributed by atoms with E-state index in [4.69, 9.17) is 0 Å². The Balaban J connectivity index is 1.20. The summed E-state index contributed by atoms with van der Waals surface area (Å²) in [6.07, 6.45) is -5.03. The molecule has 0 aliphatic rings. The van der Waals surface area contributed by atoms with Crippen molar-refractivity contribution in [1.82, 2.24) is 9.13 Å². The molecule has 12 nitrogen and oxygen atoms in total. The number of hydrogen-bond donors (Lipinski definition) is 0. The summed E-state index contributed by atoms with van der Waals surface area (Å²) in [6.45, 7) is 0. The maximum absolute atomic E-state index is 15.8. The van der Waals surface area contributed by atoms with Crippen LogP contribution in [0.4, 0.5) is 13.2 Å². The van der Waals surface area contributed by atoms with Crippen molar-refractivity contribution < 1.29 is 13.2 Å². The van der Waals surface area contributed by atoms with Gasteiger partial charge in [0.15, 0.2) is 0 Å². The molecule has 394 valence electrons. The van der Waals surface area contributed by atoms with Crippen molar-refractivity contribution in [1.29, 1.82) is 52.6 Å². The average Bonchev–Trinajstić information content (AvgIpc) is 1.57. The minimum absolute atomic E-state index is 0.00588. The summed E-state index contributed by atoms with van der Waals surface area (Å²) in [5.74, 6) is 0. The Hall–Kier alpha value is -13.5. The molecule has 0 saturated heterocycles. The molecule has 0 N–H and O–H groups in total. The Labute approximate surface area is 487 Å². The molecule has 0 amide bonds. The highest BCUT2D eigenvalue weighted by molar-refractivity contribution is 6.14. The van der Waals surface area contributed by atoms with E-state index in [0.29, 0.717) is 88.1 Å². The Kier molecular flexibility index (Phi) is 12.9. The lowest BCUT2D eigenvalue weighted by molar-refractivity contribution is -0.137. The van der Waals surface area contributed by atoms with Gasteiger partial charge in [-0.1, -0.05) is 54.6 Å². The normalized spacial score (nSPS) is 10.8. The summed E-state index contributed by atoms with van der Waals surface area (Å²) >= 11 is 0. The van der Waals surface area contributed by atoms with Crippen LogP contribution in [0.25, 0.3) is 111 Å². The summed E-state index contributed by atoms with van der Waals surface area (Å²) in [6, 6.07) is 67.7. The third-order valence-corrected chi connectivity index (χ3v) is 15.3. The van der Waals surface area contributed by atoms with Gasteiger partial charge < -0.3 is 9.13 Å². The average molecular weight is 1110 g/mol. The number of benzene rings is 10. The minimum Gasteiger partial charge on any atom is -0.309 e. The summed E-state index contributed by atoms with van der Waals surface area (Å²) < 4.78 is 51.0. The second-order valence-electron chi connectivity index (χ2n) is 19.9. The quantitative estimate of drug-likeness (QED) is 0.146. The number of nitrogens with zero attached hydrogens (tertiary/aromatic N) is 12. The van der Waals surface area contributed by atoms with Crippen LogP contribution in [-0.4, -0.2) is 9.13 Å². The van der Waals surface area contributed by atoms with Crippen LogP contribution in [0.2, 0.25) is 0 Å². The molecule has 15 heteroatoms. The fourth-order valence-electron chi connectivity index (χ4n) is 11.4. The number of hydrogen-bond acceptors (Lipinski definition) is 10. The van der Waals surface area contributed by atoms with E-state index in [1.807, 2.05) is 30.3 Å². The van der Waals surface area contributed by atoms with Gasteiger partial charge in [0.1, 0.15) is 6.07 Å². The topological polar surface area (TPSA) is 248 Å². The first-order valence-electron chi connectivity index (χ1n) is 25.9. The van der Waals surface area contributed by atoms with Crippen molar-refractivity contribution in [2.24, 2.45) is 0 Å². The molecule has 12 rings (SSSR count). The maximum atomic E-state index is 15.8. The highest BCUT2D eigenvalue weighted by atomic mass is 19.4. The van der Waals surface area contributed by atoms with Gasteiger partial charge >= 0.3 is 6.18 Å². The fourth-order valence-corrected chi connectivity index (χ4v) is 11.4. The predicted molar refractivity (Wildman–Crippen MR) is 314 cm³/mol. The highest BCUT2D eigenvalue weighted by Gasteiger charge is 2.36. The molecule has 0 aliphatic heterocycles. The van der Waals surface area contributed by atoms with E-state index in [2.05, 4.69) is 54.6 Å². The van der Waals surface area contributed by atoms with Gasteiger partial charge in [-0.15, -0.1) is 0 Å². The van der Waals surface area contributed by atoms with E-state index >= 15 is 13.2 Å². The number of aromatic nitrogens is 2. The van der Waals surface area contributed by atoms with E-state index in [-0.39, 0.29) is 78.1 Å². The second-order valence-corrected chi connectivity index (χ2v) is 19.9. The maximum Gasteiger partial charge on any atom is 0.417 e. The third kappa shape index (κ3) is 8.73. The zero-order valence-corrected chi connectivity index (χ0v) is 44.2. The molecule has 0 bridgehead atoms. The van der Waals surface area contributed by atoms with Crippen LogP contribution in [0.1, 0.15) is 61.2 Å². The SMILES string of the molecule is N#Cc1ccc(-c2ccc3c(c2)c2cc(-c4ccc(C#N)cc4C#N)ccc2n3-c2cc(-c3ccc(C#N)cc3C(F)(F)F)c(-n3c4ccc(-c5ccc(C#N)cc5C#N)cc4c4cc(-c5ccc(C#N)cc5C#N)ccc43)cc2C#N)c(C#N)c1. The third-order valence-electron chi connectivity index (χ3n) is 15.3. The molecule has 0 fully saturated rings. The van der Waals surface area contributed by atoms with Crippen LogP contribution < -0.4 is 0 Å². The summed E-state index contributed by atoms with van der Waals surface area (Å²) in [4.78, 5) is 0. The Morgan fingerprint density at radius 3 is 0.837 bits per heavy atom. The molecule has 2 heterocycles. The predicted octanol–water partition coefficient (Wildman–Crippen LogP) is 16.0. The molecule has 12 aromatic rings. The van der Waals surface area contributed by atoms with E-state index in [0.717, 1.165) is 6.07 Å². The van der Waals surface area contributed by atoms with Crippen LogP contribution in [-0.2, 0) is 6.18 Å². The van der Waals surface area contributed by atoms with Crippen LogP contribution in [0.3, 0.4) is 0 Å². The van der Waals surface area contributed by atoms with Crippen molar-refractivity contribution in [2.75, 3.05) is 0 Å². The highest BCUT2D eigenvalue weighted by Crippen LogP contribution is 2.47. The van der Waals surface area contributed by atoms with Gasteiger partial charge in [-0.25, -0.2) is 0 Å². The lowest BCUT2D eigenvalue weighted by Gasteiger charge is -2.21. The lowest BCUT2D eigenvalue weighted by atomic mass is 9.93. The molecular formula is C71H29F3N12. The standard InChI is InChI=1S/C71H29F3N12/c72-71(73,74)64-23-44(34-79)5-14-58(64)63-29-69(85-65-15-6-45(54-10-1-40(30-75)19-49(54)35-80)24-59(65)60-25-46(7-16-66(60)85)55-11-2-41(31-76)20-50(55)36-81)53(39-84)28-70(63)86-67-17-8-47(56-12-3-42(32-77)21-51(56)37-82)26-61(67)62-27-48(9-18-68(62)86)57-13-4-43(33-78)22-52(57)38-83/h1-29H. The second kappa shape index (κ2) is 20.9. The molecule has 0 saturated carbocycles. The first-order chi connectivity index (χ1) is 41.8. The largest absolute Gasteiger partial charge is 0.417 e. The fraction of sp³-hybridized carbons (Fsp3) is 0.0141. The van der Waals surface area contributed by atoms with Crippen molar-refractivity contribution in [3.63, 3.8) is 0 Å². The van der Waals surface area contributed by atoms with Crippen LogP contribution in [0.5, 0.6) is 0 Å². The number of nitriles is 10. The minimum atomic E-state index is -5.03. The van der Waals surface area contributed by atoms with Crippen LogP contribution in [0, 0.1) is 113 Å². The van der Waals surface area contributed by atoms with Gasteiger partial charge in [0, 0.05) is 27.1 Å². The number of fused-ring (bicyclic) bond motifs is 6. The van der Waals surface area contributed by atoms with Gasteiger partial charge in [-0.05, 0) is 171 Å². The van der Waals surface area contributed by atoms with Gasteiger partial charge in [-0.3, -0.25) is 0 Å². The molecule has 86 heavy (non-hydrogen) atoms. The van der Waals surface area contributed by atoms with Gasteiger partial charge in [-0.2, -0.15) is 65.8 Å². The van der Waals surface area contributed by atoms with E-state index in [1.54, 1.807) is 106 Å². The smallest absolute Gasteiger partial charge is 0.309 e. The first-order valence-corrected chi connectivity index (χ1v) is 25.9. The molecule has 0 radical (unpaired) electrons. The molecule has 0 aliphatic carbocycles. The molecule has 0 unspecified atom stereocenters. The van der Waals surface area contributed by atoms with Gasteiger partial charge in [0.25, 0.3) is 0 Å². The van der Waals surface area contributed by atoms with Crippen molar-refractivity contribution in [2.45, 2.75) is 6.18 Å². The molecule has 0 atom stereocenters. The van der Waals surface area contributed by atoms with Gasteiger partial charge in [0.05, 0.1) is 149 Å².